The molecular formula is C34H37NO4. The molecule has 2 aliphatic heterocycles. The summed E-state index contributed by atoms with van der Waals surface area (Å²) in [5.41, 5.74) is 6.07. The molecule has 1 aliphatic carbocycles. The van der Waals surface area contributed by atoms with Crippen molar-refractivity contribution in [2.24, 2.45) is 5.92 Å². The van der Waals surface area contributed by atoms with E-state index in [2.05, 4.69) is 48.5 Å². The summed E-state index contributed by atoms with van der Waals surface area (Å²) in [5.74, 6) is 0.416. The van der Waals surface area contributed by atoms with Crippen molar-refractivity contribution in [3.8, 4) is 11.1 Å². The molecule has 2 saturated heterocycles. The van der Waals surface area contributed by atoms with Crippen LogP contribution in [0.1, 0.15) is 67.6 Å². The van der Waals surface area contributed by atoms with Gasteiger partial charge < -0.3 is 14.4 Å². The molecule has 2 heterocycles. The summed E-state index contributed by atoms with van der Waals surface area (Å²) >= 11 is 0. The van der Waals surface area contributed by atoms with Gasteiger partial charge in [-0.05, 0) is 66.3 Å². The Hall–Kier alpha value is -3.44. The Morgan fingerprint density at radius 3 is 2.08 bits per heavy atom. The van der Waals surface area contributed by atoms with Crippen LogP contribution in [0.3, 0.4) is 0 Å². The molecule has 3 aromatic rings. The number of carbonyl (C=O) groups excluding carboxylic acids is 2. The fourth-order valence-electron chi connectivity index (χ4n) is 6.93. The molecule has 2 unspecified atom stereocenters. The zero-order chi connectivity index (χ0) is 26.6. The van der Waals surface area contributed by atoms with Crippen LogP contribution in [-0.2, 0) is 20.9 Å². The number of Topliss-reactive ketones (excluding diaryl/α,β-unsaturated/α-hetero) is 1. The SMILES string of the molecule is O=C(CCCOCc1ccccc1)C1CC2CCCC(C1)N2C(=O)OCC1c2ccccc2-c2ccccc21. The summed E-state index contributed by atoms with van der Waals surface area (Å²) < 4.78 is 11.8. The number of ether oxygens (including phenoxy) is 2. The van der Waals surface area contributed by atoms with E-state index in [4.69, 9.17) is 9.47 Å². The van der Waals surface area contributed by atoms with Gasteiger partial charge in [-0.15, -0.1) is 0 Å². The number of hydrogen-bond donors (Lipinski definition) is 0. The molecule has 2 bridgehead atoms. The van der Waals surface area contributed by atoms with Crippen molar-refractivity contribution in [2.75, 3.05) is 13.2 Å². The molecule has 6 rings (SSSR count). The maximum atomic E-state index is 13.4. The number of carbonyl (C=O) groups is 2. The minimum absolute atomic E-state index is 0.0343. The third-order valence-electron chi connectivity index (χ3n) is 8.80. The van der Waals surface area contributed by atoms with Gasteiger partial charge in [-0.3, -0.25) is 4.79 Å². The number of hydrogen-bond acceptors (Lipinski definition) is 4. The number of piperidine rings is 2. The van der Waals surface area contributed by atoms with E-state index in [9.17, 15) is 9.59 Å². The Morgan fingerprint density at radius 2 is 1.41 bits per heavy atom. The van der Waals surface area contributed by atoms with Crippen LogP contribution < -0.4 is 0 Å². The summed E-state index contributed by atoms with van der Waals surface area (Å²) in [5, 5.41) is 0. The zero-order valence-corrected chi connectivity index (χ0v) is 22.5. The number of fused-ring (bicyclic) bond motifs is 5. The summed E-state index contributed by atoms with van der Waals surface area (Å²) in [7, 11) is 0. The Kier molecular flexibility index (Phi) is 7.78. The Labute approximate surface area is 231 Å². The summed E-state index contributed by atoms with van der Waals surface area (Å²) in [6.45, 7) is 1.51. The Morgan fingerprint density at radius 1 is 0.795 bits per heavy atom. The van der Waals surface area contributed by atoms with Gasteiger partial charge in [-0.1, -0.05) is 78.9 Å². The van der Waals surface area contributed by atoms with Gasteiger partial charge in [0.2, 0.25) is 0 Å². The largest absolute Gasteiger partial charge is 0.448 e. The van der Waals surface area contributed by atoms with Crippen LogP contribution in [0.4, 0.5) is 4.79 Å². The topological polar surface area (TPSA) is 55.8 Å². The lowest BCUT2D eigenvalue weighted by Gasteiger charge is -2.47. The van der Waals surface area contributed by atoms with E-state index in [1.807, 2.05) is 35.2 Å². The quantitative estimate of drug-likeness (QED) is 0.280. The molecule has 1 amide bonds. The zero-order valence-electron chi connectivity index (χ0n) is 22.5. The molecule has 2 fully saturated rings. The van der Waals surface area contributed by atoms with Gasteiger partial charge in [-0.2, -0.15) is 0 Å². The molecule has 5 heteroatoms. The van der Waals surface area contributed by atoms with Crippen molar-refractivity contribution in [3.63, 3.8) is 0 Å². The van der Waals surface area contributed by atoms with Crippen LogP contribution in [-0.4, -0.2) is 42.1 Å². The third-order valence-corrected chi connectivity index (χ3v) is 8.80. The molecule has 0 aromatic heterocycles. The molecule has 0 N–H and O–H groups in total. The predicted octanol–water partition coefficient (Wildman–Crippen LogP) is 7.13. The lowest BCUT2D eigenvalue weighted by Crippen LogP contribution is -2.55. The standard InChI is InChI=1S/C34H37NO4/c36-33(18-9-19-38-22-24-10-2-1-3-11-24)25-20-26-12-8-13-27(21-25)35(26)34(37)39-23-32-30-16-6-4-14-28(30)29-15-5-7-17-31(29)32/h1-7,10-11,14-17,25-27,32H,8-9,12-13,18-23H2. The second kappa shape index (κ2) is 11.7. The second-order valence-electron chi connectivity index (χ2n) is 11.2. The van der Waals surface area contributed by atoms with Crippen molar-refractivity contribution in [1.29, 1.82) is 0 Å². The molecule has 39 heavy (non-hydrogen) atoms. The van der Waals surface area contributed by atoms with Crippen LogP contribution in [0.25, 0.3) is 11.1 Å². The molecule has 0 radical (unpaired) electrons. The molecule has 0 spiro atoms. The maximum absolute atomic E-state index is 13.4. The molecule has 202 valence electrons. The highest BCUT2D eigenvalue weighted by Crippen LogP contribution is 2.45. The highest BCUT2D eigenvalue weighted by molar-refractivity contribution is 5.82. The fourth-order valence-corrected chi connectivity index (χ4v) is 6.93. The number of amides is 1. The van der Waals surface area contributed by atoms with E-state index in [0.29, 0.717) is 32.0 Å². The molecule has 0 saturated carbocycles. The van der Waals surface area contributed by atoms with Crippen molar-refractivity contribution < 1.29 is 19.1 Å². The molecule has 3 aromatic carbocycles. The van der Waals surface area contributed by atoms with Gasteiger partial charge in [0.1, 0.15) is 12.4 Å². The van der Waals surface area contributed by atoms with Crippen molar-refractivity contribution in [1.82, 2.24) is 4.90 Å². The van der Waals surface area contributed by atoms with E-state index in [-0.39, 0.29) is 30.0 Å². The first-order valence-corrected chi connectivity index (χ1v) is 14.5. The molecule has 2 atom stereocenters. The number of rotatable bonds is 9. The van der Waals surface area contributed by atoms with Crippen molar-refractivity contribution in [3.05, 3.63) is 95.6 Å². The van der Waals surface area contributed by atoms with E-state index >= 15 is 0 Å². The normalized spacial score (nSPS) is 21.7. The third kappa shape index (κ3) is 5.51. The molecule has 3 aliphatic rings. The summed E-state index contributed by atoms with van der Waals surface area (Å²) in [6, 6.07) is 27.1. The van der Waals surface area contributed by atoms with Gasteiger partial charge in [0.25, 0.3) is 0 Å². The van der Waals surface area contributed by atoms with E-state index in [1.165, 1.54) is 22.3 Å². The summed E-state index contributed by atoms with van der Waals surface area (Å²) in [6.07, 6.45) is 5.59. The van der Waals surface area contributed by atoms with Crippen molar-refractivity contribution in [2.45, 2.75) is 69.6 Å². The average molecular weight is 524 g/mol. The first kappa shape index (κ1) is 25.8. The Balaban J connectivity index is 1.02. The van der Waals surface area contributed by atoms with Gasteiger partial charge in [0.15, 0.2) is 0 Å². The minimum atomic E-state index is -0.216. The molecule has 5 nitrogen and oxygen atoms in total. The minimum Gasteiger partial charge on any atom is -0.448 e. The van der Waals surface area contributed by atoms with Crippen LogP contribution in [0.15, 0.2) is 78.9 Å². The van der Waals surface area contributed by atoms with Gasteiger partial charge in [0, 0.05) is 36.9 Å². The van der Waals surface area contributed by atoms with Crippen LogP contribution >= 0.6 is 0 Å². The second-order valence-corrected chi connectivity index (χ2v) is 11.2. The highest BCUT2D eigenvalue weighted by Gasteiger charge is 2.43. The number of benzene rings is 3. The van der Waals surface area contributed by atoms with Gasteiger partial charge in [-0.25, -0.2) is 4.79 Å². The van der Waals surface area contributed by atoms with E-state index < -0.39 is 0 Å². The average Bonchev–Trinajstić information content (AvgIpc) is 3.29. The van der Waals surface area contributed by atoms with Crippen molar-refractivity contribution >= 4 is 11.9 Å². The molecular weight excluding hydrogens is 486 g/mol. The number of nitrogens with zero attached hydrogens (tertiary/aromatic N) is 1. The van der Waals surface area contributed by atoms with Crippen LogP contribution in [0.5, 0.6) is 0 Å². The maximum Gasteiger partial charge on any atom is 0.410 e. The van der Waals surface area contributed by atoms with Gasteiger partial charge in [0.05, 0.1) is 6.61 Å². The van der Waals surface area contributed by atoms with Crippen LogP contribution in [0.2, 0.25) is 0 Å². The monoisotopic (exact) mass is 523 g/mol. The smallest absolute Gasteiger partial charge is 0.410 e. The first-order valence-electron chi connectivity index (χ1n) is 14.5. The highest BCUT2D eigenvalue weighted by atomic mass is 16.6. The fraction of sp³-hybridized carbons (Fsp3) is 0.412. The predicted molar refractivity (Wildman–Crippen MR) is 151 cm³/mol. The lowest BCUT2D eigenvalue weighted by atomic mass is 9.76. The lowest BCUT2D eigenvalue weighted by molar-refractivity contribution is -0.127. The van der Waals surface area contributed by atoms with Gasteiger partial charge >= 0.3 is 6.09 Å². The Bertz CT molecular complexity index is 1250. The van der Waals surface area contributed by atoms with Crippen LogP contribution in [0, 0.1) is 5.92 Å². The first-order chi connectivity index (χ1) is 19.2. The summed E-state index contributed by atoms with van der Waals surface area (Å²) in [4.78, 5) is 28.5. The van der Waals surface area contributed by atoms with E-state index in [1.54, 1.807) is 0 Å². The number of ketones is 1. The van der Waals surface area contributed by atoms with E-state index in [0.717, 1.165) is 44.1 Å².